The lowest BCUT2D eigenvalue weighted by Crippen LogP contribution is -2.62. The van der Waals surface area contributed by atoms with E-state index in [0.29, 0.717) is 37.6 Å². The molecule has 11 nitrogen and oxygen atoms in total. The van der Waals surface area contributed by atoms with Gasteiger partial charge in [0.15, 0.2) is 0 Å². The van der Waals surface area contributed by atoms with E-state index in [4.69, 9.17) is 4.74 Å². The maximum Gasteiger partial charge on any atom is 0.318 e. The number of hydrogen-bond acceptors (Lipinski definition) is 6. The zero-order valence-electron chi connectivity index (χ0n) is 25.6. The van der Waals surface area contributed by atoms with E-state index in [2.05, 4.69) is 16.7 Å². The Balaban J connectivity index is 1.38. The summed E-state index contributed by atoms with van der Waals surface area (Å²) >= 11 is 0. The van der Waals surface area contributed by atoms with Crippen LogP contribution < -0.4 is 15.5 Å². The molecule has 45 heavy (non-hydrogen) atoms. The van der Waals surface area contributed by atoms with Gasteiger partial charge in [-0.25, -0.2) is 9.18 Å². The van der Waals surface area contributed by atoms with Gasteiger partial charge in [0.25, 0.3) is 5.91 Å². The first-order valence-electron chi connectivity index (χ1n) is 15.3. The van der Waals surface area contributed by atoms with Crippen molar-refractivity contribution in [2.45, 2.75) is 63.6 Å². The van der Waals surface area contributed by atoms with Crippen molar-refractivity contribution in [1.29, 1.82) is 5.26 Å². The first-order chi connectivity index (χ1) is 21.4. The molecule has 0 unspecified atom stereocenters. The van der Waals surface area contributed by atoms with Gasteiger partial charge in [-0.2, -0.15) is 5.26 Å². The van der Waals surface area contributed by atoms with E-state index in [0.717, 1.165) is 5.56 Å². The number of benzene rings is 2. The number of hydrogen-bond donors (Lipinski definition) is 2. The van der Waals surface area contributed by atoms with Crippen molar-refractivity contribution < 1.29 is 28.3 Å². The second-order valence-corrected chi connectivity index (χ2v) is 13.5. The fraction of sp³-hybridized carbons (Fsp3) is 0.485. The quantitative estimate of drug-likeness (QED) is 0.543. The fourth-order valence-corrected chi connectivity index (χ4v) is 7.02. The van der Waals surface area contributed by atoms with E-state index < -0.39 is 52.6 Å². The number of nitrogens with zero attached hydrogens (tertiary/aromatic N) is 4. The lowest BCUT2D eigenvalue weighted by molar-refractivity contribution is -0.136. The summed E-state index contributed by atoms with van der Waals surface area (Å²) in [6.45, 7) is 7.30. The number of nitriles is 1. The zero-order chi connectivity index (χ0) is 32.1. The van der Waals surface area contributed by atoms with Crippen LogP contribution in [0.5, 0.6) is 0 Å². The van der Waals surface area contributed by atoms with E-state index in [-0.39, 0.29) is 37.4 Å². The molecule has 2 fully saturated rings. The predicted octanol–water partition coefficient (Wildman–Crippen LogP) is 2.94. The van der Waals surface area contributed by atoms with Crippen LogP contribution in [-0.4, -0.2) is 84.5 Å². The molecule has 2 aromatic carbocycles. The van der Waals surface area contributed by atoms with E-state index >= 15 is 0 Å². The van der Waals surface area contributed by atoms with Crippen LogP contribution in [0.3, 0.4) is 0 Å². The Bertz CT molecular complexity index is 1590. The maximum absolute atomic E-state index is 14.7. The second-order valence-electron chi connectivity index (χ2n) is 13.5. The summed E-state index contributed by atoms with van der Waals surface area (Å²) in [7, 11) is 0. The van der Waals surface area contributed by atoms with Crippen LogP contribution in [0.2, 0.25) is 0 Å². The molecule has 6 rings (SSSR count). The van der Waals surface area contributed by atoms with Crippen LogP contribution in [0.1, 0.15) is 44.7 Å². The van der Waals surface area contributed by atoms with Crippen LogP contribution in [0, 0.1) is 22.6 Å². The number of anilines is 2. The first-order valence-corrected chi connectivity index (χ1v) is 15.3. The van der Waals surface area contributed by atoms with Gasteiger partial charge < -0.3 is 25.2 Å². The monoisotopic (exact) mass is 616 g/mol. The molecule has 4 aliphatic rings. The molecule has 4 aliphatic heterocycles. The number of amides is 5. The number of fused-ring (bicyclic) bond motifs is 3. The predicted molar refractivity (Wildman–Crippen MR) is 163 cm³/mol. The molecule has 0 bridgehead atoms. The van der Waals surface area contributed by atoms with Gasteiger partial charge in [0.2, 0.25) is 11.8 Å². The normalized spacial score (nSPS) is 25.0. The Labute approximate surface area is 261 Å². The van der Waals surface area contributed by atoms with Gasteiger partial charge >= 0.3 is 6.03 Å². The highest BCUT2D eigenvalue weighted by atomic mass is 19.1. The fourth-order valence-electron chi connectivity index (χ4n) is 7.02. The van der Waals surface area contributed by atoms with Gasteiger partial charge in [0.1, 0.15) is 23.9 Å². The molecular formula is C33H37FN6O5. The average Bonchev–Trinajstić information content (AvgIpc) is 3.54. The Morgan fingerprint density at radius 2 is 1.91 bits per heavy atom. The van der Waals surface area contributed by atoms with Crippen LogP contribution in [0.25, 0.3) is 0 Å². The first kappa shape index (κ1) is 30.5. The van der Waals surface area contributed by atoms with Gasteiger partial charge in [-0.3, -0.25) is 19.3 Å². The van der Waals surface area contributed by atoms with Crippen LogP contribution >= 0.6 is 0 Å². The summed E-state index contributed by atoms with van der Waals surface area (Å²) in [5, 5.41) is 16.0. The van der Waals surface area contributed by atoms with Gasteiger partial charge in [-0.15, -0.1) is 0 Å². The molecule has 0 aromatic heterocycles. The van der Waals surface area contributed by atoms with Crippen molar-refractivity contribution in [3.05, 3.63) is 59.4 Å². The third kappa shape index (κ3) is 5.50. The summed E-state index contributed by atoms with van der Waals surface area (Å²) in [5.41, 5.74) is 0.650. The average molecular weight is 617 g/mol. The molecule has 0 aliphatic carbocycles. The zero-order valence-corrected chi connectivity index (χ0v) is 25.6. The largest absolute Gasteiger partial charge is 0.378 e. The van der Waals surface area contributed by atoms with E-state index in [9.17, 15) is 28.8 Å². The number of halogens is 1. The lowest BCUT2D eigenvalue weighted by Gasteiger charge is -2.42. The van der Waals surface area contributed by atoms with Gasteiger partial charge in [0.05, 0.1) is 30.4 Å². The van der Waals surface area contributed by atoms with Gasteiger partial charge in [-0.05, 0) is 41.2 Å². The summed E-state index contributed by atoms with van der Waals surface area (Å²) in [5.74, 6) is -1.89. The minimum Gasteiger partial charge on any atom is -0.378 e. The van der Waals surface area contributed by atoms with Crippen molar-refractivity contribution in [2.24, 2.45) is 5.41 Å². The minimum atomic E-state index is -1.13. The maximum atomic E-state index is 14.7. The number of morpholine rings is 1. The van der Waals surface area contributed by atoms with E-state index in [1.54, 1.807) is 17.0 Å². The van der Waals surface area contributed by atoms with Gasteiger partial charge in [-0.1, -0.05) is 45.0 Å². The van der Waals surface area contributed by atoms with Crippen LogP contribution in [0.4, 0.5) is 20.6 Å². The smallest absolute Gasteiger partial charge is 0.318 e. The molecule has 12 heteroatoms. The molecule has 4 heterocycles. The SMILES string of the molecule is CC(C)(C)C[C@@H](C(=O)N1C[C@]2(C[C@H]1C#N)C(=O)Nc1ccccc12)N1C(=O)[C@@H](NC(=O)N2CCOCC2)Cc2ccc(F)cc21. The molecule has 4 atom stereocenters. The van der Waals surface area contributed by atoms with Crippen molar-refractivity contribution >= 4 is 35.1 Å². The van der Waals surface area contributed by atoms with Crippen LogP contribution in [0.15, 0.2) is 42.5 Å². The Kier molecular flexibility index (Phi) is 7.77. The number of rotatable bonds is 4. The minimum absolute atomic E-state index is 0.0389. The molecular weight excluding hydrogens is 579 g/mol. The molecule has 2 aromatic rings. The van der Waals surface area contributed by atoms with Crippen molar-refractivity contribution in [3.63, 3.8) is 0 Å². The Morgan fingerprint density at radius 1 is 1.18 bits per heavy atom. The highest BCUT2D eigenvalue weighted by Gasteiger charge is 2.57. The number of urea groups is 1. The Hall–Kier alpha value is -4.50. The summed E-state index contributed by atoms with van der Waals surface area (Å²) in [6, 6.07) is 10.1. The molecule has 2 saturated heterocycles. The molecule has 236 valence electrons. The molecule has 2 N–H and O–H groups in total. The van der Waals surface area contributed by atoms with Crippen molar-refractivity contribution in [1.82, 2.24) is 15.1 Å². The standard InChI is InChI=1S/C33H37FN6O5/c1-32(2,3)17-27(29(42)39-19-33(16-22(39)18-35)23-6-4-5-7-24(23)36-30(33)43)40-26-15-21(34)9-8-20(26)14-25(28(40)41)37-31(44)38-10-12-45-13-11-38/h4-9,15,22,25,27H,10-14,16-17,19H2,1-3H3,(H,36,43)(H,37,44)/t22-,25-,27-,33-/m0/s1. The van der Waals surface area contributed by atoms with Crippen molar-refractivity contribution in [2.75, 3.05) is 43.1 Å². The third-order valence-electron chi connectivity index (χ3n) is 9.18. The second kappa shape index (κ2) is 11.5. The molecule has 5 amide bonds. The molecule has 0 radical (unpaired) electrons. The number of nitrogens with one attached hydrogen (secondary N) is 2. The molecule has 1 spiro atoms. The third-order valence-corrected chi connectivity index (χ3v) is 9.18. The Morgan fingerprint density at radius 3 is 2.62 bits per heavy atom. The van der Waals surface area contributed by atoms with E-state index in [1.165, 1.54) is 21.9 Å². The number of para-hydroxylation sites is 1. The number of likely N-dealkylation sites (tertiary alicyclic amines) is 1. The number of carbonyl (C=O) groups is 4. The number of ether oxygens (including phenoxy) is 1. The molecule has 0 saturated carbocycles. The highest BCUT2D eigenvalue weighted by Crippen LogP contribution is 2.47. The lowest BCUT2D eigenvalue weighted by atomic mass is 9.80. The van der Waals surface area contributed by atoms with E-state index in [1.807, 2.05) is 39.0 Å². The highest BCUT2D eigenvalue weighted by molar-refractivity contribution is 6.09. The van der Waals surface area contributed by atoms with Crippen LogP contribution in [-0.2, 0) is 31.0 Å². The topological polar surface area (TPSA) is 135 Å². The summed E-state index contributed by atoms with van der Waals surface area (Å²) in [4.78, 5) is 59.9. The van der Waals surface area contributed by atoms with Gasteiger partial charge in [0, 0.05) is 38.2 Å². The van der Waals surface area contributed by atoms with Crippen molar-refractivity contribution in [3.8, 4) is 6.07 Å². The number of carbonyl (C=O) groups excluding carboxylic acids is 4. The summed E-state index contributed by atoms with van der Waals surface area (Å²) in [6.07, 6.45) is 0.419. The summed E-state index contributed by atoms with van der Waals surface area (Å²) < 4.78 is 20.1.